The van der Waals surface area contributed by atoms with Crippen molar-refractivity contribution in [2.75, 3.05) is 15.9 Å². The highest BCUT2D eigenvalue weighted by atomic mass is 35.5. The molecule has 0 heterocycles. The van der Waals surface area contributed by atoms with Crippen LogP contribution in [0.5, 0.6) is 0 Å². The van der Waals surface area contributed by atoms with E-state index in [1.54, 1.807) is 26.0 Å². The number of hydrogen-bond acceptors (Lipinski definition) is 3. The van der Waals surface area contributed by atoms with E-state index in [9.17, 15) is 26.4 Å². The van der Waals surface area contributed by atoms with Crippen molar-refractivity contribution in [3.63, 3.8) is 0 Å². The second-order valence-electron chi connectivity index (χ2n) is 6.48. The fraction of sp³-hybridized carbons (Fsp3) is 0.316. The standard InChI is InChI=1S/C19H20ClF3N2O3S/c1-4-16(18(26)24-15-9-6-13(7-10-15)19(21,22)23)25(29(3,27)28)17-11-14(20)8-5-12(17)2/h5-11,16H,4H2,1-3H3,(H,24,26)/t16-/m1/s1. The van der Waals surface area contributed by atoms with Crippen LogP contribution in [0.15, 0.2) is 42.5 Å². The second-order valence-corrected chi connectivity index (χ2v) is 8.77. The number of nitrogens with zero attached hydrogens (tertiary/aromatic N) is 1. The molecule has 0 saturated heterocycles. The highest BCUT2D eigenvalue weighted by Gasteiger charge is 2.33. The molecule has 0 unspecified atom stereocenters. The highest BCUT2D eigenvalue weighted by Crippen LogP contribution is 2.31. The van der Waals surface area contributed by atoms with E-state index in [4.69, 9.17) is 11.6 Å². The number of sulfonamides is 1. The molecule has 0 radical (unpaired) electrons. The molecule has 5 nitrogen and oxygen atoms in total. The molecule has 0 aromatic heterocycles. The average Bonchev–Trinajstić information content (AvgIpc) is 2.60. The van der Waals surface area contributed by atoms with E-state index in [0.29, 0.717) is 10.6 Å². The summed E-state index contributed by atoms with van der Waals surface area (Å²) in [6, 6.07) is 7.47. The monoisotopic (exact) mass is 448 g/mol. The summed E-state index contributed by atoms with van der Waals surface area (Å²) in [6.07, 6.45) is -3.39. The molecular weight excluding hydrogens is 429 g/mol. The smallest absolute Gasteiger partial charge is 0.324 e. The third-order valence-electron chi connectivity index (χ3n) is 4.22. The number of benzene rings is 2. The highest BCUT2D eigenvalue weighted by molar-refractivity contribution is 7.92. The minimum absolute atomic E-state index is 0.123. The molecule has 0 spiro atoms. The van der Waals surface area contributed by atoms with Crippen molar-refractivity contribution >= 4 is 38.9 Å². The van der Waals surface area contributed by atoms with Gasteiger partial charge in [-0.25, -0.2) is 8.42 Å². The van der Waals surface area contributed by atoms with Crippen molar-refractivity contribution in [3.05, 3.63) is 58.6 Å². The van der Waals surface area contributed by atoms with Gasteiger partial charge in [0.15, 0.2) is 0 Å². The first-order valence-electron chi connectivity index (χ1n) is 8.58. The normalized spacial score (nSPS) is 13.1. The Morgan fingerprint density at radius 2 is 1.76 bits per heavy atom. The molecule has 0 bridgehead atoms. The van der Waals surface area contributed by atoms with Gasteiger partial charge >= 0.3 is 6.18 Å². The summed E-state index contributed by atoms with van der Waals surface area (Å²) in [6.45, 7) is 3.32. The minimum Gasteiger partial charge on any atom is -0.324 e. The lowest BCUT2D eigenvalue weighted by Crippen LogP contribution is -2.47. The van der Waals surface area contributed by atoms with Crippen molar-refractivity contribution in [2.45, 2.75) is 32.5 Å². The lowest BCUT2D eigenvalue weighted by Gasteiger charge is -2.31. The predicted octanol–water partition coefficient (Wildman–Crippen LogP) is 4.85. The summed E-state index contributed by atoms with van der Waals surface area (Å²) in [4.78, 5) is 12.8. The van der Waals surface area contributed by atoms with Gasteiger partial charge in [-0.05, 0) is 55.3 Å². The lowest BCUT2D eigenvalue weighted by molar-refractivity contribution is -0.137. The number of hydrogen-bond donors (Lipinski definition) is 1. The summed E-state index contributed by atoms with van der Waals surface area (Å²) >= 11 is 6.01. The summed E-state index contributed by atoms with van der Waals surface area (Å²) < 4.78 is 64.0. The van der Waals surface area contributed by atoms with E-state index >= 15 is 0 Å². The maximum atomic E-state index is 12.8. The van der Waals surface area contributed by atoms with Gasteiger partial charge < -0.3 is 5.32 Å². The van der Waals surface area contributed by atoms with Crippen molar-refractivity contribution < 1.29 is 26.4 Å². The number of rotatable bonds is 6. The van der Waals surface area contributed by atoms with Crippen LogP contribution in [0.2, 0.25) is 5.02 Å². The van der Waals surface area contributed by atoms with Crippen LogP contribution in [0, 0.1) is 6.92 Å². The summed E-state index contributed by atoms with van der Waals surface area (Å²) in [7, 11) is -3.87. The Kier molecular flexibility index (Phi) is 6.85. The Morgan fingerprint density at radius 1 is 1.17 bits per heavy atom. The van der Waals surface area contributed by atoms with E-state index in [1.165, 1.54) is 6.07 Å². The number of carbonyl (C=O) groups is 1. The van der Waals surface area contributed by atoms with Gasteiger partial charge in [-0.3, -0.25) is 9.10 Å². The van der Waals surface area contributed by atoms with Crippen molar-refractivity contribution in [1.29, 1.82) is 0 Å². The molecule has 0 saturated carbocycles. The Balaban J connectivity index is 2.37. The molecule has 0 aliphatic heterocycles. The van der Waals surface area contributed by atoms with E-state index in [-0.39, 0.29) is 17.8 Å². The molecule has 1 N–H and O–H groups in total. The summed E-state index contributed by atoms with van der Waals surface area (Å²) in [5, 5.41) is 2.79. The maximum Gasteiger partial charge on any atom is 0.416 e. The first-order valence-corrected chi connectivity index (χ1v) is 10.8. The number of anilines is 2. The minimum atomic E-state index is -4.49. The van der Waals surface area contributed by atoms with Gasteiger partial charge in [-0.1, -0.05) is 24.6 Å². The average molecular weight is 449 g/mol. The number of amides is 1. The zero-order valence-corrected chi connectivity index (χ0v) is 17.5. The summed E-state index contributed by atoms with van der Waals surface area (Å²) in [5.74, 6) is -0.669. The molecule has 158 valence electrons. The topological polar surface area (TPSA) is 66.5 Å². The molecule has 10 heteroatoms. The SMILES string of the molecule is CC[C@H](C(=O)Nc1ccc(C(F)(F)F)cc1)N(c1cc(Cl)ccc1C)S(C)(=O)=O. The van der Waals surface area contributed by atoms with E-state index in [1.807, 2.05) is 0 Å². The fourth-order valence-corrected chi connectivity index (χ4v) is 4.25. The van der Waals surface area contributed by atoms with Crippen LogP contribution in [0.3, 0.4) is 0 Å². The predicted molar refractivity (Wildman–Crippen MR) is 108 cm³/mol. The molecule has 2 aromatic rings. The number of halogens is 4. The lowest BCUT2D eigenvalue weighted by atomic mass is 10.1. The molecular formula is C19H20ClF3N2O3S. The van der Waals surface area contributed by atoms with Crippen LogP contribution >= 0.6 is 11.6 Å². The molecule has 2 aromatic carbocycles. The molecule has 0 fully saturated rings. The Bertz CT molecular complexity index is 993. The van der Waals surface area contributed by atoms with Crippen molar-refractivity contribution in [3.8, 4) is 0 Å². The van der Waals surface area contributed by atoms with Gasteiger partial charge in [-0.15, -0.1) is 0 Å². The van der Waals surface area contributed by atoms with Gasteiger partial charge in [0.2, 0.25) is 15.9 Å². The number of nitrogens with one attached hydrogen (secondary N) is 1. The first-order chi connectivity index (χ1) is 13.3. The Hall–Kier alpha value is -2.26. The molecule has 0 aliphatic carbocycles. The van der Waals surface area contributed by atoms with Gasteiger partial charge in [-0.2, -0.15) is 13.2 Å². The van der Waals surface area contributed by atoms with Crippen LogP contribution in [0.25, 0.3) is 0 Å². The van der Waals surface area contributed by atoms with Gasteiger partial charge in [0.05, 0.1) is 17.5 Å². The zero-order valence-electron chi connectivity index (χ0n) is 15.9. The van der Waals surface area contributed by atoms with Crippen molar-refractivity contribution in [1.82, 2.24) is 0 Å². The third-order valence-corrected chi connectivity index (χ3v) is 5.62. The third kappa shape index (κ3) is 5.63. The fourth-order valence-electron chi connectivity index (χ4n) is 2.82. The molecule has 29 heavy (non-hydrogen) atoms. The van der Waals surface area contributed by atoms with Crippen molar-refractivity contribution in [2.24, 2.45) is 0 Å². The van der Waals surface area contributed by atoms with Crippen LogP contribution in [0.1, 0.15) is 24.5 Å². The largest absolute Gasteiger partial charge is 0.416 e. The van der Waals surface area contributed by atoms with E-state index < -0.39 is 33.7 Å². The summed E-state index contributed by atoms with van der Waals surface area (Å²) in [5.41, 5.74) is 0.127. The Labute approximate surface area is 172 Å². The number of carbonyl (C=O) groups excluding carboxylic acids is 1. The number of aryl methyl sites for hydroxylation is 1. The Morgan fingerprint density at radius 3 is 2.24 bits per heavy atom. The van der Waals surface area contributed by atoms with Crippen LogP contribution in [0.4, 0.5) is 24.5 Å². The van der Waals surface area contributed by atoms with Crippen LogP contribution < -0.4 is 9.62 Å². The van der Waals surface area contributed by atoms with E-state index in [2.05, 4.69) is 5.32 Å². The van der Waals surface area contributed by atoms with E-state index in [0.717, 1.165) is 34.8 Å². The molecule has 1 atom stereocenters. The molecule has 1 amide bonds. The van der Waals surface area contributed by atoms with Gasteiger partial charge in [0, 0.05) is 10.7 Å². The van der Waals surface area contributed by atoms with Gasteiger partial charge in [0.1, 0.15) is 6.04 Å². The van der Waals surface area contributed by atoms with Crippen LogP contribution in [-0.2, 0) is 21.0 Å². The first kappa shape index (κ1) is 23.0. The molecule has 0 aliphatic rings. The molecule has 2 rings (SSSR count). The van der Waals surface area contributed by atoms with Crippen LogP contribution in [-0.4, -0.2) is 26.6 Å². The number of alkyl halides is 3. The van der Waals surface area contributed by atoms with Gasteiger partial charge in [0.25, 0.3) is 0 Å². The second kappa shape index (κ2) is 8.62. The maximum absolute atomic E-state index is 12.8. The quantitative estimate of drug-likeness (QED) is 0.687. The zero-order chi connectivity index (χ0) is 22.0.